The first-order chi connectivity index (χ1) is 11.5. The van der Waals surface area contributed by atoms with Crippen molar-refractivity contribution in [3.8, 4) is 0 Å². The fourth-order valence-electron chi connectivity index (χ4n) is 2.96. The van der Waals surface area contributed by atoms with Crippen LogP contribution in [0.4, 0.5) is 14.5 Å². The fourth-order valence-corrected chi connectivity index (χ4v) is 2.96. The molecule has 0 radical (unpaired) electrons. The predicted molar refractivity (Wildman–Crippen MR) is 84.1 cm³/mol. The van der Waals surface area contributed by atoms with Crippen molar-refractivity contribution in [1.29, 1.82) is 0 Å². The maximum Gasteiger partial charge on any atom is 0.335 e. The summed E-state index contributed by atoms with van der Waals surface area (Å²) in [6.07, 6.45) is 0.851. The van der Waals surface area contributed by atoms with Crippen LogP contribution in [0.1, 0.15) is 27.9 Å². The molecule has 1 amide bonds. The van der Waals surface area contributed by atoms with E-state index >= 15 is 0 Å². The third-order valence-corrected chi connectivity index (χ3v) is 4.17. The fraction of sp³-hybridized carbons (Fsp3) is 0.222. The van der Waals surface area contributed by atoms with Crippen LogP contribution in [0.5, 0.6) is 0 Å². The molecule has 0 atom stereocenters. The van der Waals surface area contributed by atoms with E-state index in [1.54, 1.807) is 18.2 Å². The maximum absolute atomic E-state index is 13.4. The minimum Gasteiger partial charge on any atom is -0.478 e. The first-order valence-electron chi connectivity index (χ1n) is 7.57. The van der Waals surface area contributed by atoms with E-state index in [0.29, 0.717) is 29.8 Å². The zero-order valence-electron chi connectivity index (χ0n) is 12.8. The van der Waals surface area contributed by atoms with E-state index in [1.807, 2.05) is 0 Å². The lowest BCUT2D eigenvalue weighted by atomic mass is 10.0. The summed E-state index contributed by atoms with van der Waals surface area (Å²) in [4.78, 5) is 25.0. The van der Waals surface area contributed by atoms with Gasteiger partial charge in [0.1, 0.15) is 0 Å². The Morgan fingerprint density at radius 1 is 1.12 bits per heavy atom. The normalized spacial score (nSPS) is 13.0. The van der Waals surface area contributed by atoms with Crippen molar-refractivity contribution >= 4 is 17.6 Å². The number of fused-ring (bicyclic) bond motifs is 1. The zero-order chi connectivity index (χ0) is 17.3. The smallest absolute Gasteiger partial charge is 0.335 e. The Morgan fingerprint density at radius 2 is 1.83 bits per heavy atom. The summed E-state index contributed by atoms with van der Waals surface area (Å²) in [5.74, 6) is -3.18. The van der Waals surface area contributed by atoms with Gasteiger partial charge in [-0.05, 0) is 36.1 Å². The van der Waals surface area contributed by atoms with Gasteiger partial charge in [-0.3, -0.25) is 4.79 Å². The van der Waals surface area contributed by atoms with E-state index in [-0.39, 0.29) is 24.3 Å². The van der Waals surface area contributed by atoms with Crippen molar-refractivity contribution in [2.24, 2.45) is 0 Å². The van der Waals surface area contributed by atoms with Crippen LogP contribution in [-0.4, -0.2) is 23.5 Å². The Labute approximate surface area is 137 Å². The average Bonchev–Trinajstić information content (AvgIpc) is 2.96. The number of aromatic carboxylic acids is 1. The van der Waals surface area contributed by atoms with Gasteiger partial charge in [-0.1, -0.05) is 18.2 Å². The lowest BCUT2D eigenvalue weighted by molar-refractivity contribution is -0.118. The number of hydrogen-bond acceptors (Lipinski definition) is 2. The van der Waals surface area contributed by atoms with Crippen molar-refractivity contribution in [2.75, 3.05) is 11.4 Å². The molecule has 1 aliphatic heterocycles. The van der Waals surface area contributed by atoms with Gasteiger partial charge in [0, 0.05) is 24.7 Å². The van der Waals surface area contributed by atoms with Crippen molar-refractivity contribution in [3.63, 3.8) is 0 Å². The Kier molecular flexibility index (Phi) is 4.29. The third-order valence-electron chi connectivity index (χ3n) is 4.17. The number of benzene rings is 2. The zero-order valence-corrected chi connectivity index (χ0v) is 12.8. The number of nitrogens with zero attached hydrogens (tertiary/aromatic N) is 1. The molecular weight excluding hydrogens is 316 g/mol. The van der Waals surface area contributed by atoms with Crippen LogP contribution in [0, 0.1) is 11.6 Å². The van der Waals surface area contributed by atoms with Gasteiger partial charge in [0.05, 0.1) is 5.56 Å². The number of carboxylic acid groups (broad SMARTS) is 1. The summed E-state index contributed by atoms with van der Waals surface area (Å²) < 4.78 is 26.7. The summed E-state index contributed by atoms with van der Waals surface area (Å²) in [5, 5.41) is 9.16. The first-order valence-corrected chi connectivity index (χ1v) is 7.57. The van der Waals surface area contributed by atoms with E-state index in [0.717, 1.165) is 12.1 Å². The number of amides is 1. The standard InChI is InChI=1S/C18H15F2NO3/c19-14-9-12-7-8-21(16(12)10-15(14)20)17(22)6-5-11-3-1-2-4-13(11)18(23)24/h1-4,9-10H,5-8H2,(H,23,24). The second-order valence-electron chi connectivity index (χ2n) is 5.65. The summed E-state index contributed by atoms with van der Waals surface area (Å²) >= 11 is 0. The molecule has 24 heavy (non-hydrogen) atoms. The van der Waals surface area contributed by atoms with Crippen LogP contribution in [0.3, 0.4) is 0 Å². The number of carbonyl (C=O) groups excluding carboxylic acids is 1. The number of carbonyl (C=O) groups is 2. The van der Waals surface area contributed by atoms with Gasteiger partial charge in [0.25, 0.3) is 0 Å². The Hall–Kier alpha value is -2.76. The highest BCUT2D eigenvalue weighted by atomic mass is 19.2. The van der Waals surface area contributed by atoms with E-state index in [2.05, 4.69) is 0 Å². The number of hydrogen-bond donors (Lipinski definition) is 1. The second kappa shape index (κ2) is 6.39. The van der Waals surface area contributed by atoms with Crippen LogP contribution in [0.25, 0.3) is 0 Å². The Balaban J connectivity index is 1.74. The molecule has 124 valence electrons. The summed E-state index contributed by atoms with van der Waals surface area (Å²) in [6.45, 7) is 0.373. The summed E-state index contributed by atoms with van der Waals surface area (Å²) in [7, 11) is 0. The molecule has 2 aromatic rings. The molecule has 0 bridgehead atoms. The minimum atomic E-state index is -1.04. The van der Waals surface area contributed by atoms with Gasteiger partial charge in [0.15, 0.2) is 11.6 Å². The lowest BCUT2D eigenvalue weighted by Gasteiger charge is -2.17. The largest absolute Gasteiger partial charge is 0.478 e. The molecule has 4 nitrogen and oxygen atoms in total. The Morgan fingerprint density at radius 3 is 2.58 bits per heavy atom. The molecule has 0 saturated heterocycles. The van der Waals surface area contributed by atoms with Gasteiger partial charge in [-0.2, -0.15) is 0 Å². The molecular formula is C18H15F2NO3. The van der Waals surface area contributed by atoms with Gasteiger partial charge < -0.3 is 10.0 Å². The van der Waals surface area contributed by atoms with Crippen molar-refractivity contribution in [2.45, 2.75) is 19.3 Å². The molecule has 0 saturated carbocycles. The highest BCUT2D eigenvalue weighted by Crippen LogP contribution is 2.30. The van der Waals surface area contributed by atoms with Crippen LogP contribution in [-0.2, 0) is 17.6 Å². The molecule has 0 spiro atoms. The van der Waals surface area contributed by atoms with E-state index in [9.17, 15) is 18.4 Å². The Bertz CT molecular complexity index is 820. The molecule has 0 aromatic heterocycles. The average molecular weight is 331 g/mol. The molecule has 0 unspecified atom stereocenters. The van der Waals surface area contributed by atoms with Gasteiger partial charge >= 0.3 is 5.97 Å². The number of rotatable bonds is 4. The molecule has 0 fully saturated rings. The summed E-state index contributed by atoms with van der Waals surface area (Å²) in [6, 6.07) is 8.67. The lowest BCUT2D eigenvalue weighted by Crippen LogP contribution is -2.29. The predicted octanol–water partition coefficient (Wildman–Crippen LogP) is 3.18. The number of aryl methyl sites for hydroxylation is 1. The van der Waals surface area contributed by atoms with Gasteiger partial charge in [0.2, 0.25) is 5.91 Å². The number of carboxylic acids is 1. The van der Waals surface area contributed by atoms with E-state index < -0.39 is 17.6 Å². The quantitative estimate of drug-likeness (QED) is 0.936. The topological polar surface area (TPSA) is 57.6 Å². The third kappa shape index (κ3) is 2.99. The SMILES string of the molecule is O=C(O)c1ccccc1CCC(=O)N1CCc2cc(F)c(F)cc21. The van der Waals surface area contributed by atoms with Gasteiger partial charge in [-0.25, -0.2) is 13.6 Å². The second-order valence-corrected chi connectivity index (χ2v) is 5.65. The molecule has 6 heteroatoms. The van der Waals surface area contributed by atoms with E-state index in [1.165, 1.54) is 11.0 Å². The van der Waals surface area contributed by atoms with Crippen LogP contribution >= 0.6 is 0 Å². The van der Waals surface area contributed by atoms with Crippen molar-refractivity contribution in [3.05, 3.63) is 64.7 Å². The minimum absolute atomic E-state index is 0.0999. The van der Waals surface area contributed by atoms with Gasteiger partial charge in [-0.15, -0.1) is 0 Å². The highest BCUT2D eigenvalue weighted by Gasteiger charge is 2.26. The maximum atomic E-state index is 13.4. The number of anilines is 1. The monoisotopic (exact) mass is 331 g/mol. The molecule has 1 aliphatic rings. The van der Waals surface area contributed by atoms with Crippen LogP contribution in [0.2, 0.25) is 0 Å². The molecule has 3 rings (SSSR count). The highest BCUT2D eigenvalue weighted by molar-refractivity contribution is 5.96. The first kappa shape index (κ1) is 16.1. The van der Waals surface area contributed by atoms with Crippen LogP contribution in [0.15, 0.2) is 36.4 Å². The summed E-state index contributed by atoms with van der Waals surface area (Å²) in [5.41, 5.74) is 1.74. The molecule has 1 N–H and O–H groups in total. The molecule has 1 heterocycles. The van der Waals surface area contributed by atoms with E-state index in [4.69, 9.17) is 5.11 Å². The van der Waals surface area contributed by atoms with Crippen LogP contribution < -0.4 is 4.90 Å². The molecule has 0 aliphatic carbocycles. The molecule has 2 aromatic carbocycles. The number of halogens is 2. The van der Waals surface area contributed by atoms with Crippen molar-refractivity contribution < 1.29 is 23.5 Å². The van der Waals surface area contributed by atoms with Crippen molar-refractivity contribution in [1.82, 2.24) is 0 Å².